The zero-order valence-electron chi connectivity index (χ0n) is 12.2. The summed E-state index contributed by atoms with van der Waals surface area (Å²) in [5, 5.41) is 0. The van der Waals surface area contributed by atoms with Crippen LogP contribution >= 0.6 is 0 Å². The summed E-state index contributed by atoms with van der Waals surface area (Å²) in [6.07, 6.45) is 0. The molecule has 0 spiro atoms. The standard InChI is InChI=1S/C16H16O5S/c1-13(17)20-16(2,14-9-5-3-6-10-14)21-22(18,19)15-11-7-4-8-12-15/h3-12H,1-2H3. The van der Waals surface area contributed by atoms with E-state index in [9.17, 15) is 13.2 Å². The number of rotatable bonds is 5. The molecule has 2 aromatic carbocycles. The van der Waals surface area contributed by atoms with Crippen LogP contribution in [0.3, 0.4) is 0 Å². The second kappa shape index (κ2) is 6.29. The van der Waals surface area contributed by atoms with E-state index in [2.05, 4.69) is 0 Å². The molecule has 1 unspecified atom stereocenters. The van der Waals surface area contributed by atoms with Crippen molar-refractivity contribution < 1.29 is 22.1 Å². The first-order valence-electron chi connectivity index (χ1n) is 6.59. The number of esters is 1. The first kappa shape index (κ1) is 16.2. The normalized spacial score (nSPS) is 14.1. The van der Waals surface area contributed by atoms with Crippen molar-refractivity contribution in [1.29, 1.82) is 0 Å². The summed E-state index contributed by atoms with van der Waals surface area (Å²) in [5.41, 5.74) is 0.421. The van der Waals surface area contributed by atoms with Crippen molar-refractivity contribution in [1.82, 2.24) is 0 Å². The van der Waals surface area contributed by atoms with Crippen LogP contribution < -0.4 is 0 Å². The fourth-order valence-electron chi connectivity index (χ4n) is 1.98. The maximum Gasteiger partial charge on any atom is 0.305 e. The first-order valence-corrected chi connectivity index (χ1v) is 8.00. The predicted molar refractivity (Wildman–Crippen MR) is 80.3 cm³/mol. The molecule has 0 radical (unpaired) electrons. The van der Waals surface area contributed by atoms with E-state index in [0.717, 1.165) is 0 Å². The van der Waals surface area contributed by atoms with Gasteiger partial charge in [-0.15, -0.1) is 0 Å². The summed E-state index contributed by atoms with van der Waals surface area (Å²) in [7, 11) is -4.09. The van der Waals surface area contributed by atoms with Crippen molar-refractivity contribution in [3.63, 3.8) is 0 Å². The molecule has 0 N–H and O–H groups in total. The molecule has 0 heterocycles. The van der Waals surface area contributed by atoms with Crippen LogP contribution in [-0.4, -0.2) is 14.4 Å². The van der Waals surface area contributed by atoms with E-state index in [1.165, 1.54) is 26.0 Å². The van der Waals surface area contributed by atoms with Crippen LogP contribution in [0.25, 0.3) is 0 Å². The van der Waals surface area contributed by atoms with Crippen molar-refractivity contribution in [2.24, 2.45) is 0 Å². The summed E-state index contributed by atoms with van der Waals surface area (Å²) < 4.78 is 35.2. The average molecular weight is 320 g/mol. The van der Waals surface area contributed by atoms with Gasteiger partial charge in [0.25, 0.3) is 5.79 Å². The van der Waals surface area contributed by atoms with Gasteiger partial charge < -0.3 is 4.74 Å². The number of hydrogen-bond acceptors (Lipinski definition) is 5. The van der Waals surface area contributed by atoms with E-state index in [-0.39, 0.29) is 4.90 Å². The molecule has 1 atom stereocenters. The van der Waals surface area contributed by atoms with E-state index >= 15 is 0 Å². The monoisotopic (exact) mass is 320 g/mol. The third-order valence-electron chi connectivity index (χ3n) is 2.94. The van der Waals surface area contributed by atoms with Crippen LogP contribution in [0.4, 0.5) is 0 Å². The Morgan fingerprint density at radius 3 is 1.95 bits per heavy atom. The van der Waals surface area contributed by atoms with Crippen molar-refractivity contribution in [3.05, 3.63) is 66.2 Å². The molecule has 0 saturated carbocycles. The van der Waals surface area contributed by atoms with Gasteiger partial charge in [0.2, 0.25) is 0 Å². The van der Waals surface area contributed by atoms with E-state index in [0.29, 0.717) is 5.56 Å². The zero-order valence-corrected chi connectivity index (χ0v) is 13.0. The molecule has 5 nitrogen and oxygen atoms in total. The minimum Gasteiger partial charge on any atom is -0.428 e. The van der Waals surface area contributed by atoms with Crippen LogP contribution in [-0.2, 0) is 29.6 Å². The van der Waals surface area contributed by atoms with Crippen molar-refractivity contribution in [2.45, 2.75) is 24.5 Å². The smallest absolute Gasteiger partial charge is 0.305 e. The number of carbonyl (C=O) groups is 1. The molecule has 0 fully saturated rings. The summed E-state index contributed by atoms with van der Waals surface area (Å²) in [4.78, 5) is 11.3. The lowest BCUT2D eigenvalue weighted by molar-refractivity contribution is -0.192. The molecule has 2 rings (SSSR count). The van der Waals surface area contributed by atoms with Gasteiger partial charge in [0.15, 0.2) is 0 Å². The predicted octanol–water partition coefficient (Wildman–Crippen LogP) is 2.83. The van der Waals surface area contributed by atoms with E-state index in [4.69, 9.17) is 8.92 Å². The molecule has 22 heavy (non-hydrogen) atoms. The van der Waals surface area contributed by atoms with Gasteiger partial charge in [0.1, 0.15) is 0 Å². The van der Waals surface area contributed by atoms with Crippen molar-refractivity contribution in [2.75, 3.05) is 0 Å². The van der Waals surface area contributed by atoms with Crippen molar-refractivity contribution in [3.8, 4) is 0 Å². The van der Waals surface area contributed by atoms with Gasteiger partial charge in [0, 0.05) is 19.4 Å². The Hall–Kier alpha value is -2.18. The first-order chi connectivity index (χ1) is 10.3. The molecule has 0 bridgehead atoms. The Labute approximate surface area is 129 Å². The third kappa shape index (κ3) is 3.72. The summed E-state index contributed by atoms with van der Waals surface area (Å²) in [6.45, 7) is 2.59. The van der Waals surface area contributed by atoms with Crippen molar-refractivity contribution >= 4 is 16.1 Å². The largest absolute Gasteiger partial charge is 0.428 e. The van der Waals surface area contributed by atoms with Gasteiger partial charge in [-0.05, 0) is 12.1 Å². The van der Waals surface area contributed by atoms with Gasteiger partial charge in [-0.2, -0.15) is 8.42 Å². The summed E-state index contributed by atoms with van der Waals surface area (Å²) in [5.74, 6) is -2.38. The maximum absolute atomic E-state index is 12.4. The van der Waals surface area contributed by atoms with Crippen LogP contribution in [0.1, 0.15) is 19.4 Å². The highest BCUT2D eigenvalue weighted by atomic mass is 32.2. The Morgan fingerprint density at radius 2 is 1.45 bits per heavy atom. The zero-order chi connectivity index (χ0) is 16.2. The SMILES string of the molecule is CC(=O)OC(C)(OS(=O)(=O)c1ccccc1)c1ccccc1. The fraction of sp³-hybridized carbons (Fsp3) is 0.188. The molecule has 2 aromatic rings. The molecule has 116 valence electrons. The Balaban J connectivity index is 2.42. The van der Waals surface area contributed by atoms with E-state index in [1.54, 1.807) is 48.5 Å². The molecular weight excluding hydrogens is 304 g/mol. The maximum atomic E-state index is 12.4. The topological polar surface area (TPSA) is 69.7 Å². The minimum atomic E-state index is -4.09. The summed E-state index contributed by atoms with van der Waals surface area (Å²) in [6, 6.07) is 16.1. The Kier molecular flexibility index (Phi) is 4.63. The lowest BCUT2D eigenvalue weighted by atomic mass is 10.1. The molecule has 6 heteroatoms. The highest BCUT2D eigenvalue weighted by Crippen LogP contribution is 2.31. The second-order valence-corrected chi connectivity index (χ2v) is 6.30. The lowest BCUT2D eigenvalue weighted by Crippen LogP contribution is -2.34. The van der Waals surface area contributed by atoms with Gasteiger partial charge in [-0.1, -0.05) is 48.5 Å². The third-order valence-corrected chi connectivity index (χ3v) is 4.32. The quantitative estimate of drug-likeness (QED) is 0.481. The minimum absolute atomic E-state index is 0.00990. The lowest BCUT2D eigenvalue weighted by Gasteiger charge is -2.28. The highest BCUT2D eigenvalue weighted by molar-refractivity contribution is 7.86. The second-order valence-electron chi connectivity index (χ2n) is 4.76. The number of hydrogen-bond donors (Lipinski definition) is 0. The average Bonchev–Trinajstić information content (AvgIpc) is 2.48. The van der Waals surface area contributed by atoms with Crippen LogP contribution in [0.15, 0.2) is 65.6 Å². The molecule has 0 aliphatic rings. The summed E-state index contributed by atoms with van der Waals surface area (Å²) >= 11 is 0. The molecule has 0 aliphatic heterocycles. The number of ether oxygens (including phenoxy) is 1. The van der Waals surface area contributed by atoms with Gasteiger partial charge in [0.05, 0.1) is 4.90 Å². The van der Waals surface area contributed by atoms with Gasteiger partial charge in [-0.3, -0.25) is 4.79 Å². The molecule has 0 amide bonds. The molecule has 0 aliphatic carbocycles. The van der Waals surface area contributed by atoms with Crippen LogP contribution in [0, 0.1) is 0 Å². The Morgan fingerprint density at radius 1 is 0.955 bits per heavy atom. The van der Waals surface area contributed by atoms with E-state index in [1.807, 2.05) is 0 Å². The molecular formula is C16H16O5S. The fourth-order valence-corrected chi connectivity index (χ4v) is 3.12. The number of benzene rings is 2. The van der Waals surface area contributed by atoms with Gasteiger partial charge >= 0.3 is 16.1 Å². The van der Waals surface area contributed by atoms with E-state index < -0.39 is 21.9 Å². The van der Waals surface area contributed by atoms with Crippen LogP contribution in [0.5, 0.6) is 0 Å². The molecule has 0 aromatic heterocycles. The Bertz CT molecular complexity index is 741. The van der Waals surface area contributed by atoms with Crippen LogP contribution in [0.2, 0.25) is 0 Å². The molecule has 0 saturated heterocycles. The van der Waals surface area contributed by atoms with Gasteiger partial charge in [-0.25, -0.2) is 4.18 Å². The highest BCUT2D eigenvalue weighted by Gasteiger charge is 2.37. The number of carbonyl (C=O) groups excluding carboxylic acids is 1.